The molecule has 0 atom stereocenters. The average Bonchev–Trinajstić information content (AvgIpc) is 2.72. The summed E-state index contributed by atoms with van der Waals surface area (Å²) >= 11 is 4.77. The summed E-state index contributed by atoms with van der Waals surface area (Å²) in [6, 6.07) is 10.5. The largest absolute Gasteiger partial charge is 0.490 e. The molecule has 3 amide bonds. The molecule has 1 heterocycles. The zero-order chi connectivity index (χ0) is 22.4. The van der Waals surface area contributed by atoms with Gasteiger partial charge in [-0.2, -0.15) is 0 Å². The maximum atomic E-state index is 13.6. The molecule has 2 aromatic carbocycles. The summed E-state index contributed by atoms with van der Waals surface area (Å²) in [4.78, 5) is 36.1. The van der Waals surface area contributed by atoms with Crippen LogP contribution in [0.3, 0.4) is 0 Å². The number of hydrogen-bond donors (Lipinski definition) is 3. The molecule has 0 bridgehead atoms. The second-order valence-corrected chi connectivity index (χ2v) is 6.66. The number of para-hydroxylation sites is 1. The van der Waals surface area contributed by atoms with Crippen LogP contribution in [0.15, 0.2) is 48.0 Å². The van der Waals surface area contributed by atoms with Crippen molar-refractivity contribution in [2.24, 2.45) is 0 Å². The normalized spacial score (nSPS) is 13.2. The summed E-state index contributed by atoms with van der Waals surface area (Å²) in [5.74, 6) is -1.76. The number of carbonyl (C=O) groups is 3. The highest BCUT2D eigenvalue weighted by molar-refractivity contribution is 7.80. The van der Waals surface area contributed by atoms with Crippen LogP contribution in [0, 0.1) is 5.82 Å². The topological polar surface area (TPSA) is 106 Å². The van der Waals surface area contributed by atoms with E-state index in [0.717, 1.165) is 0 Å². The number of halogens is 1. The molecule has 0 aliphatic carbocycles. The molecule has 0 spiro atoms. The van der Waals surface area contributed by atoms with Crippen LogP contribution in [0.2, 0.25) is 0 Å². The summed E-state index contributed by atoms with van der Waals surface area (Å²) in [5.41, 5.74) is 0.431. The van der Waals surface area contributed by atoms with Crippen molar-refractivity contribution in [3.63, 3.8) is 0 Å². The van der Waals surface area contributed by atoms with Crippen LogP contribution in [0.25, 0.3) is 6.08 Å². The molecule has 8 nitrogen and oxygen atoms in total. The molecule has 160 valence electrons. The molecular weight excluding hydrogens is 425 g/mol. The van der Waals surface area contributed by atoms with Crippen molar-refractivity contribution in [3.8, 4) is 11.5 Å². The van der Waals surface area contributed by atoms with Crippen molar-refractivity contribution in [2.75, 3.05) is 18.5 Å². The van der Waals surface area contributed by atoms with Gasteiger partial charge in [0.1, 0.15) is 11.4 Å². The Balaban J connectivity index is 1.73. The van der Waals surface area contributed by atoms with Crippen molar-refractivity contribution in [3.05, 3.63) is 59.4 Å². The number of anilines is 1. The number of amides is 3. The molecule has 1 aliphatic rings. The molecular formula is C21H18FN3O5S. The molecule has 1 aliphatic heterocycles. The van der Waals surface area contributed by atoms with Crippen molar-refractivity contribution in [2.45, 2.75) is 6.92 Å². The highest BCUT2D eigenvalue weighted by atomic mass is 32.1. The fourth-order valence-electron chi connectivity index (χ4n) is 2.67. The van der Waals surface area contributed by atoms with E-state index in [-0.39, 0.29) is 28.7 Å². The van der Waals surface area contributed by atoms with Crippen molar-refractivity contribution >= 4 is 46.8 Å². The van der Waals surface area contributed by atoms with Gasteiger partial charge in [-0.1, -0.05) is 18.2 Å². The van der Waals surface area contributed by atoms with E-state index in [1.165, 1.54) is 30.3 Å². The molecule has 10 heteroatoms. The second-order valence-electron chi connectivity index (χ2n) is 6.25. The van der Waals surface area contributed by atoms with E-state index >= 15 is 0 Å². The zero-order valence-corrected chi connectivity index (χ0v) is 17.2. The number of ether oxygens (including phenoxy) is 2. The first-order valence-electron chi connectivity index (χ1n) is 9.19. The number of nitrogens with one attached hydrogen (secondary N) is 3. The summed E-state index contributed by atoms with van der Waals surface area (Å²) < 4.78 is 24.7. The van der Waals surface area contributed by atoms with Gasteiger partial charge in [-0.3, -0.25) is 25.0 Å². The first-order valence-corrected chi connectivity index (χ1v) is 9.60. The molecule has 2 aromatic rings. The van der Waals surface area contributed by atoms with Gasteiger partial charge in [0.25, 0.3) is 17.7 Å². The van der Waals surface area contributed by atoms with E-state index < -0.39 is 23.5 Å². The van der Waals surface area contributed by atoms with Gasteiger partial charge in [0.15, 0.2) is 23.2 Å². The molecule has 0 saturated carbocycles. The van der Waals surface area contributed by atoms with Gasteiger partial charge in [0.05, 0.1) is 12.3 Å². The summed E-state index contributed by atoms with van der Waals surface area (Å²) in [5, 5.41) is 7.07. The van der Waals surface area contributed by atoms with Crippen LogP contribution >= 0.6 is 12.2 Å². The number of benzene rings is 2. The van der Waals surface area contributed by atoms with E-state index in [0.29, 0.717) is 17.9 Å². The molecule has 0 aromatic heterocycles. The van der Waals surface area contributed by atoms with Crippen molar-refractivity contribution < 1.29 is 28.2 Å². The molecule has 1 saturated heterocycles. The van der Waals surface area contributed by atoms with E-state index in [1.54, 1.807) is 25.1 Å². The van der Waals surface area contributed by atoms with E-state index in [1.807, 2.05) is 0 Å². The first-order chi connectivity index (χ1) is 14.9. The predicted octanol–water partition coefficient (Wildman–Crippen LogP) is 2.16. The van der Waals surface area contributed by atoms with E-state index in [4.69, 9.17) is 21.7 Å². The number of hydrogen-bond acceptors (Lipinski definition) is 6. The summed E-state index contributed by atoms with van der Waals surface area (Å²) in [6.45, 7) is 1.70. The molecule has 0 radical (unpaired) electrons. The van der Waals surface area contributed by atoms with Gasteiger partial charge in [-0.25, -0.2) is 4.39 Å². The number of thiocarbonyl (C=S) groups is 1. The van der Waals surface area contributed by atoms with Crippen LogP contribution in [0.1, 0.15) is 12.5 Å². The highest BCUT2D eigenvalue weighted by Gasteiger charge is 2.25. The third-order valence-corrected chi connectivity index (χ3v) is 4.23. The van der Waals surface area contributed by atoms with Crippen molar-refractivity contribution in [1.82, 2.24) is 10.6 Å². The van der Waals surface area contributed by atoms with Gasteiger partial charge >= 0.3 is 0 Å². The fraction of sp³-hybridized carbons (Fsp3) is 0.143. The standard InChI is InChI=1S/C21H18FN3O5S/c1-2-29-17-10-12(9-13-19(27)24-21(31)25-20(13)28)7-8-16(17)30-11-18(26)23-15-6-4-3-5-14(15)22/h3-10H,2,11H2,1H3,(H,23,26)(H2,24,25,27,28,31). The van der Waals surface area contributed by atoms with Crippen LogP contribution in [-0.4, -0.2) is 36.0 Å². The minimum Gasteiger partial charge on any atom is -0.490 e. The Morgan fingerprint density at radius 2 is 1.81 bits per heavy atom. The van der Waals surface area contributed by atoms with Crippen LogP contribution in [-0.2, 0) is 14.4 Å². The van der Waals surface area contributed by atoms with Gasteiger partial charge in [0.2, 0.25) is 0 Å². The predicted molar refractivity (Wildman–Crippen MR) is 115 cm³/mol. The SMILES string of the molecule is CCOc1cc(C=C2C(=O)NC(=S)NC2=O)ccc1OCC(=O)Nc1ccccc1F. The van der Waals surface area contributed by atoms with E-state index in [2.05, 4.69) is 16.0 Å². The Morgan fingerprint density at radius 3 is 2.48 bits per heavy atom. The Labute approximate surface area is 182 Å². The quantitative estimate of drug-likeness (QED) is 0.344. The lowest BCUT2D eigenvalue weighted by Crippen LogP contribution is -2.51. The lowest BCUT2D eigenvalue weighted by molar-refractivity contribution is -0.123. The smallest absolute Gasteiger partial charge is 0.263 e. The van der Waals surface area contributed by atoms with E-state index in [9.17, 15) is 18.8 Å². The average molecular weight is 443 g/mol. The monoisotopic (exact) mass is 443 g/mol. The minimum absolute atomic E-state index is 0.0478. The third kappa shape index (κ3) is 5.64. The second kappa shape index (κ2) is 9.81. The lowest BCUT2D eigenvalue weighted by atomic mass is 10.1. The third-order valence-electron chi connectivity index (χ3n) is 4.03. The molecule has 0 unspecified atom stereocenters. The molecule has 3 N–H and O–H groups in total. The Hall–Kier alpha value is -3.79. The van der Waals surface area contributed by atoms with Crippen LogP contribution in [0.5, 0.6) is 11.5 Å². The van der Waals surface area contributed by atoms with Gasteiger partial charge in [-0.05, 0) is 55.0 Å². The summed E-state index contributed by atoms with van der Waals surface area (Å²) in [6.07, 6.45) is 1.38. The maximum Gasteiger partial charge on any atom is 0.263 e. The highest BCUT2D eigenvalue weighted by Crippen LogP contribution is 2.29. The lowest BCUT2D eigenvalue weighted by Gasteiger charge is -2.17. The number of carbonyl (C=O) groups excluding carboxylic acids is 3. The first kappa shape index (κ1) is 21.9. The molecule has 3 rings (SSSR count). The van der Waals surface area contributed by atoms with Crippen LogP contribution in [0.4, 0.5) is 10.1 Å². The minimum atomic E-state index is -0.614. The molecule has 31 heavy (non-hydrogen) atoms. The van der Waals surface area contributed by atoms with Crippen molar-refractivity contribution in [1.29, 1.82) is 0 Å². The fourth-order valence-corrected chi connectivity index (χ4v) is 2.85. The Kier molecular flexibility index (Phi) is 6.93. The zero-order valence-electron chi connectivity index (χ0n) is 16.4. The Bertz CT molecular complexity index is 1060. The van der Waals surface area contributed by atoms with Gasteiger partial charge in [0, 0.05) is 0 Å². The summed E-state index contributed by atoms with van der Waals surface area (Å²) in [7, 11) is 0. The van der Waals surface area contributed by atoms with Gasteiger partial charge in [-0.15, -0.1) is 0 Å². The van der Waals surface area contributed by atoms with Gasteiger partial charge < -0.3 is 14.8 Å². The maximum absolute atomic E-state index is 13.6. The van der Waals surface area contributed by atoms with Crippen LogP contribution < -0.4 is 25.4 Å². The Morgan fingerprint density at radius 1 is 1.10 bits per heavy atom. The molecule has 1 fully saturated rings. The number of rotatable bonds is 7.